The largest absolute Gasteiger partial charge is 0.345 e. The number of rotatable bonds is 3. The van der Waals surface area contributed by atoms with E-state index in [0.717, 1.165) is 56.1 Å². The number of anilines is 1. The Morgan fingerprint density at radius 3 is 2.57 bits per heavy atom. The number of benzene rings is 1. The van der Waals surface area contributed by atoms with Crippen molar-refractivity contribution in [2.75, 3.05) is 31.1 Å². The van der Waals surface area contributed by atoms with Crippen LogP contribution in [-0.4, -0.2) is 54.1 Å². The highest BCUT2D eigenvalue weighted by molar-refractivity contribution is 7.22. The quantitative estimate of drug-likeness (QED) is 0.786. The number of nitrogens with zero attached hydrogens (tertiary/aromatic N) is 3. The molecule has 1 N–H and O–H groups in total. The Morgan fingerprint density at radius 1 is 1.21 bits per heavy atom. The van der Waals surface area contributed by atoms with Crippen molar-refractivity contribution in [1.29, 1.82) is 0 Å². The summed E-state index contributed by atoms with van der Waals surface area (Å²) in [6, 6.07) is 9.26. The first-order valence-corrected chi connectivity index (χ1v) is 10.7. The molecule has 3 aliphatic rings. The molecule has 3 saturated heterocycles. The second-order valence-corrected chi connectivity index (χ2v) is 8.96. The number of halogens is 2. The molecule has 0 radical (unpaired) electrons. The summed E-state index contributed by atoms with van der Waals surface area (Å²) in [5.41, 5.74) is 0.921. The van der Waals surface area contributed by atoms with Crippen molar-refractivity contribution in [2.45, 2.75) is 44.7 Å². The van der Waals surface area contributed by atoms with Gasteiger partial charge in [0.25, 0.3) is 0 Å². The molecule has 5 rings (SSSR count). The lowest BCUT2D eigenvalue weighted by atomic mass is 9.70. The lowest BCUT2D eigenvalue weighted by Gasteiger charge is -2.42. The molecule has 1 amide bonds. The van der Waals surface area contributed by atoms with Crippen LogP contribution >= 0.6 is 36.2 Å². The van der Waals surface area contributed by atoms with E-state index in [1.165, 1.54) is 11.1 Å². The van der Waals surface area contributed by atoms with E-state index in [4.69, 9.17) is 4.98 Å². The Morgan fingerprint density at radius 2 is 1.96 bits per heavy atom. The van der Waals surface area contributed by atoms with Crippen molar-refractivity contribution in [3.8, 4) is 0 Å². The number of amides is 1. The maximum atomic E-state index is 13.4. The van der Waals surface area contributed by atoms with Crippen LogP contribution in [0.5, 0.6) is 0 Å². The van der Waals surface area contributed by atoms with Crippen LogP contribution in [0, 0.1) is 5.41 Å². The van der Waals surface area contributed by atoms with Gasteiger partial charge in [-0.25, -0.2) is 4.98 Å². The predicted molar refractivity (Wildman–Crippen MR) is 120 cm³/mol. The average Bonchev–Trinajstić information content (AvgIpc) is 3.41. The fourth-order valence-electron chi connectivity index (χ4n) is 5.19. The van der Waals surface area contributed by atoms with Gasteiger partial charge in [0, 0.05) is 38.3 Å². The molecule has 154 valence electrons. The van der Waals surface area contributed by atoms with Gasteiger partial charge < -0.3 is 15.1 Å². The monoisotopic (exact) mass is 442 g/mol. The van der Waals surface area contributed by atoms with Gasteiger partial charge in [0.1, 0.15) is 0 Å². The van der Waals surface area contributed by atoms with Crippen LogP contribution in [0.2, 0.25) is 0 Å². The molecule has 3 aliphatic heterocycles. The topological polar surface area (TPSA) is 48.5 Å². The maximum absolute atomic E-state index is 13.4. The van der Waals surface area contributed by atoms with Gasteiger partial charge in [-0.1, -0.05) is 30.4 Å². The second-order valence-electron chi connectivity index (χ2n) is 7.95. The Kier molecular flexibility index (Phi) is 6.44. The minimum Gasteiger partial charge on any atom is -0.345 e. The summed E-state index contributed by atoms with van der Waals surface area (Å²) in [5.74, 6) is 0.392. The van der Waals surface area contributed by atoms with Gasteiger partial charge in [-0.15, -0.1) is 24.8 Å². The smallest absolute Gasteiger partial charge is 0.230 e. The van der Waals surface area contributed by atoms with Crippen molar-refractivity contribution >= 4 is 57.4 Å². The van der Waals surface area contributed by atoms with Crippen molar-refractivity contribution in [1.82, 2.24) is 15.2 Å². The molecular formula is C20H28Cl2N4OS. The standard InChI is InChI=1S/C20H26N4OS.2ClH/c1-2-20(13-14-7-8-17(20)21-14)18(25)23-9-11-24(12-10-23)19-22-15-5-3-4-6-16(15)26-19;;/h3-6,14,17,21H,2,7-13H2,1H3;2*1H/t14-,17+,20+;;/m0../s1. The third-order valence-corrected chi connectivity index (χ3v) is 7.79. The molecule has 8 heteroatoms. The van der Waals surface area contributed by atoms with Crippen LogP contribution in [-0.2, 0) is 4.79 Å². The molecule has 2 aromatic rings. The van der Waals surface area contributed by atoms with Crippen molar-refractivity contribution in [3.63, 3.8) is 0 Å². The summed E-state index contributed by atoms with van der Waals surface area (Å²) in [6.45, 7) is 5.58. The SMILES string of the molecule is CC[C@@]1(C(=O)N2CCN(c3nc4ccccc4s3)CC2)C[C@@H]2CC[C@H]1N2.Cl.Cl. The summed E-state index contributed by atoms with van der Waals surface area (Å²) in [4.78, 5) is 22.6. The first kappa shape index (κ1) is 21.6. The van der Waals surface area contributed by atoms with Crippen LogP contribution in [0.1, 0.15) is 32.6 Å². The van der Waals surface area contributed by atoms with Gasteiger partial charge in [0.15, 0.2) is 5.13 Å². The van der Waals surface area contributed by atoms with Gasteiger partial charge in [-0.05, 0) is 37.8 Å². The number of piperazine rings is 1. The summed E-state index contributed by atoms with van der Waals surface area (Å²) < 4.78 is 1.24. The number of carbonyl (C=O) groups excluding carboxylic acids is 1. The lowest BCUT2D eigenvalue weighted by molar-refractivity contribution is -0.144. The minimum atomic E-state index is -0.152. The number of hydrogen-bond acceptors (Lipinski definition) is 5. The molecular weight excluding hydrogens is 415 g/mol. The van der Waals surface area contributed by atoms with Crippen molar-refractivity contribution < 1.29 is 4.79 Å². The number of fused-ring (bicyclic) bond motifs is 3. The van der Waals surface area contributed by atoms with E-state index in [0.29, 0.717) is 18.0 Å². The highest BCUT2D eigenvalue weighted by Crippen LogP contribution is 2.47. The van der Waals surface area contributed by atoms with Crippen molar-refractivity contribution in [2.24, 2.45) is 5.41 Å². The van der Waals surface area contributed by atoms with Gasteiger partial charge in [-0.3, -0.25) is 4.79 Å². The zero-order valence-electron chi connectivity index (χ0n) is 16.1. The van der Waals surface area contributed by atoms with E-state index < -0.39 is 0 Å². The van der Waals surface area contributed by atoms with Gasteiger partial charge >= 0.3 is 0 Å². The predicted octanol–water partition coefficient (Wildman–Crippen LogP) is 3.71. The normalized spacial score (nSPS) is 28.9. The lowest BCUT2D eigenvalue weighted by Crippen LogP contribution is -2.56. The second kappa shape index (κ2) is 8.34. The fraction of sp³-hybridized carbons (Fsp3) is 0.600. The van der Waals surface area contributed by atoms with E-state index in [9.17, 15) is 4.79 Å². The molecule has 4 heterocycles. The summed E-state index contributed by atoms with van der Waals surface area (Å²) in [5, 5.41) is 4.76. The van der Waals surface area contributed by atoms with Crippen LogP contribution in [0.3, 0.4) is 0 Å². The minimum absolute atomic E-state index is 0. The number of thiazole rings is 1. The molecule has 1 aromatic heterocycles. The zero-order chi connectivity index (χ0) is 17.7. The third-order valence-electron chi connectivity index (χ3n) is 6.70. The number of carbonyl (C=O) groups is 1. The molecule has 0 spiro atoms. The van der Waals surface area contributed by atoms with E-state index in [1.807, 2.05) is 6.07 Å². The van der Waals surface area contributed by atoms with Crippen LogP contribution in [0.25, 0.3) is 10.2 Å². The molecule has 5 nitrogen and oxygen atoms in total. The molecule has 28 heavy (non-hydrogen) atoms. The summed E-state index contributed by atoms with van der Waals surface area (Å²) >= 11 is 1.75. The third kappa shape index (κ3) is 3.38. The maximum Gasteiger partial charge on any atom is 0.230 e. The molecule has 3 atom stereocenters. The number of para-hydroxylation sites is 1. The Hall–Kier alpha value is -1.08. The highest BCUT2D eigenvalue weighted by Gasteiger charge is 2.55. The Bertz CT molecular complexity index is 805. The van der Waals surface area contributed by atoms with Crippen LogP contribution < -0.4 is 10.2 Å². The number of hydrogen-bond donors (Lipinski definition) is 1. The van der Waals surface area contributed by atoms with Gasteiger partial charge in [0.05, 0.1) is 15.6 Å². The van der Waals surface area contributed by atoms with Crippen LogP contribution in [0.15, 0.2) is 24.3 Å². The fourth-order valence-corrected chi connectivity index (χ4v) is 6.20. The van der Waals surface area contributed by atoms with Gasteiger partial charge in [-0.2, -0.15) is 0 Å². The molecule has 2 bridgehead atoms. The number of nitrogens with one attached hydrogen (secondary N) is 1. The molecule has 0 aliphatic carbocycles. The summed E-state index contributed by atoms with van der Waals surface area (Å²) in [7, 11) is 0. The first-order valence-electron chi connectivity index (χ1n) is 9.85. The average molecular weight is 443 g/mol. The van der Waals surface area contributed by atoms with Gasteiger partial charge in [0.2, 0.25) is 5.91 Å². The van der Waals surface area contributed by atoms with E-state index in [2.05, 4.69) is 40.2 Å². The van der Waals surface area contributed by atoms with Crippen LogP contribution in [0.4, 0.5) is 5.13 Å². The first-order chi connectivity index (χ1) is 12.7. The van der Waals surface area contributed by atoms with E-state index in [1.54, 1.807) is 11.3 Å². The number of aromatic nitrogens is 1. The summed E-state index contributed by atoms with van der Waals surface area (Å²) in [6.07, 6.45) is 4.39. The molecule has 1 aromatic carbocycles. The Balaban J connectivity index is 0.00000112. The zero-order valence-corrected chi connectivity index (χ0v) is 18.5. The van der Waals surface area contributed by atoms with E-state index >= 15 is 0 Å². The molecule has 0 unspecified atom stereocenters. The Labute approximate surface area is 182 Å². The highest BCUT2D eigenvalue weighted by atomic mass is 35.5. The van der Waals surface area contributed by atoms with Crippen molar-refractivity contribution in [3.05, 3.63) is 24.3 Å². The molecule has 0 saturated carbocycles. The van der Waals surface area contributed by atoms with E-state index in [-0.39, 0.29) is 30.2 Å². The molecule has 3 fully saturated rings.